The monoisotopic (exact) mass is 340 g/mol. The van der Waals surface area contributed by atoms with Gasteiger partial charge in [0.05, 0.1) is 12.5 Å². The molecule has 0 aromatic heterocycles. The largest absolute Gasteiger partial charge is 0.361 e. The van der Waals surface area contributed by atoms with Crippen molar-refractivity contribution in [2.45, 2.75) is 12.5 Å². The molecule has 0 unspecified atom stereocenters. The van der Waals surface area contributed by atoms with Gasteiger partial charge >= 0.3 is 0 Å². The summed E-state index contributed by atoms with van der Waals surface area (Å²) in [6, 6.07) is 20.6. The zero-order valence-electron chi connectivity index (χ0n) is 14.7. The highest BCUT2D eigenvalue weighted by Gasteiger charge is 2.55. The van der Waals surface area contributed by atoms with E-state index in [1.54, 1.807) is 6.08 Å². The molecule has 128 valence electrons. The Morgan fingerprint density at radius 3 is 2.42 bits per heavy atom. The van der Waals surface area contributed by atoms with E-state index in [0.717, 1.165) is 16.7 Å². The van der Waals surface area contributed by atoms with E-state index in [1.165, 1.54) is 11.1 Å². The lowest BCUT2D eigenvalue weighted by molar-refractivity contribution is -0.121. The van der Waals surface area contributed by atoms with E-state index in [1.807, 2.05) is 42.5 Å². The van der Waals surface area contributed by atoms with Crippen LogP contribution in [0.15, 0.2) is 90.0 Å². The van der Waals surface area contributed by atoms with Crippen molar-refractivity contribution < 1.29 is 9.53 Å². The lowest BCUT2D eigenvalue weighted by Crippen LogP contribution is -2.42. The predicted octanol–water partition coefficient (Wildman–Crippen LogP) is 4.70. The second-order valence-corrected chi connectivity index (χ2v) is 7.28. The zero-order chi connectivity index (χ0) is 17.7. The van der Waals surface area contributed by atoms with E-state index in [2.05, 4.69) is 37.3 Å². The van der Waals surface area contributed by atoms with Crippen molar-refractivity contribution in [1.82, 2.24) is 0 Å². The van der Waals surface area contributed by atoms with Crippen LogP contribution in [-0.4, -0.2) is 12.4 Å². The highest BCUT2D eigenvalue weighted by atomic mass is 16.5. The molecule has 1 aliphatic heterocycles. The van der Waals surface area contributed by atoms with Crippen LogP contribution >= 0.6 is 0 Å². The van der Waals surface area contributed by atoms with Gasteiger partial charge in [-0.15, -0.1) is 0 Å². The number of hydrogen-bond acceptors (Lipinski definition) is 2. The predicted molar refractivity (Wildman–Crippen MR) is 102 cm³/mol. The Balaban J connectivity index is 1.70. The first kappa shape index (κ1) is 15.5. The highest BCUT2D eigenvalue weighted by molar-refractivity contribution is 5.98. The van der Waals surface area contributed by atoms with E-state index in [4.69, 9.17) is 4.74 Å². The average molecular weight is 340 g/mol. The van der Waals surface area contributed by atoms with Crippen LogP contribution in [0.4, 0.5) is 0 Å². The Kier molecular flexibility index (Phi) is 3.38. The number of allylic oxidation sites excluding steroid dienone is 4. The molecule has 0 N–H and O–H groups in total. The van der Waals surface area contributed by atoms with Crippen LogP contribution in [-0.2, 0) is 15.1 Å². The second-order valence-electron chi connectivity index (χ2n) is 7.28. The van der Waals surface area contributed by atoms with Gasteiger partial charge in [0, 0.05) is 5.92 Å². The van der Waals surface area contributed by atoms with Crippen LogP contribution in [0.25, 0.3) is 5.57 Å². The number of rotatable bonds is 2. The molecule has 2 aliphatic carbocycles. The van der Waals surface area contributed by atoms with Gasteiger partial charge in [0.2, 0.25) is 0 Å². The third kappa shape index (κ3) is 2.06. The number of ketones is 1. The van der Waals surface area contributed by atoms with Crippen LogP contribution < -0.4 is 0 Å². The van der Waals surface area contributed by atoms with Gasteiger partial charge in [0.1, 0.15) is 5.60 Å². The molecule has 2 aromatic carbocycles. The molecule has 2 nitrogen and oxygen atoms in total. The zero-order valence-corrected chi connectivity index (χ0v) is 14.7. The molecule has 2 aromatic rings. The Morgan fingerprint density at radius 2 is 1.69 bits per heavy atom. The maximum absolute atomic E-state index is 12.8. The topological polar surface area (TPSA) is 26.3 Å². The fourth-order valence-corrected chi connectivity index (χ4v) is 4.74. The standard InChI is InChI=1S/C24H20O2/c1-16-19(17-8-4-2-5-9-17)14-20-22(25)12-13-24(18-10-6-3-7-11-18)23(20)21(16)15-26-24/h2-14,20,23H,15H2,1H3/t20-,23+,24-/m1/s1. The lowest BCUT2D eigenvalue weighted by atomic mass is 9.63. The van der Waals surface area contributed by atoms with Crippen molar-refractivity contribution in [3.63, 3.8) is 0 Å². The Morgan fingerprint density at radius 1 is 1.00 bits per heavy atom. The van der Waals surface area contributed by atoms with Crippen LogP contribution in [0, 0.1) is 11.8 Å². The van der Waals surface area contributed by atoms with Gasteiger partial charge in [0.15, 0.2) is 5.78 Å². The van der Waals surface area contributed by atoms with E-state index in [9.17, 15) is 4.79 Å². The molecule has 2 heteroatoms. The second kappa shape index (κ2) is 5.65. The van der Waals surface area contributed by atoms with E-state index >= 15 is 0 Å². The molecular weight excluding hydrogens is 320 g/mol. The van der Waals surface area contributed by atoms with Crippen molar-refractivity contribution in [3.05, 3.63) is 101 Å². The summed E-state index contributed by atoms with van der Waals surface area (Å²) in [5.74, 6) is 0.0527. The number of carbonyl (C=O) groups is 1. The van der Waals surface area contributed by atoms with Gasteiger partial charge in [-0.25, -0.2) is 0 Å². The molecule has 0 spiro atoms. The van der Waals surface area contributed by atoms with Gasteiger partial charge in [-0.05, 0) is 46.9 Å². The minimum atomic E-state index is -0.533. The maximum Gasteiger partial charge on any atom is 0.163 e. The Labute approximate surface area is 153 Å². The van der Waals surface area contributed by atoms with Crippen molar-refractivity contribution in [2.24, 2.45) is 11.8 Å². The molecule has 0 amide bonds. The summed E-state index contributed by atoms with van der Waals surface area (Å²) >= 11 is 0. The molecule has 0 radical (unpaired) electrons. The number of ether oxygens (including phenoxy) is 1. The summed E-state index contributed by atoms with van der Waals surface area (Å²) < 4.78 is 6.42. The summed E-state index contributed by atoms with van der Waals surface area (Å²) in [6.45, 7) is 2.74. The molecule has 0 bridgehead atoms. The Hall–Kier alpha value is -2.71. The summed E-state index contributed by atoms with van der Waals surface area (Å²) in [7, 11) is 0. The first-order valence-corrected chi connectivity index (χ1v) is 9.10. The molecule has 1 heterocycles. The lowest BCUT2D eigenvalue weighted by Gasteiger charge is -2.40. The molecule has 3 aliphatic rings. The third-order valence-corrected chi connectivity index (χ3v) is 6.03. The van der Waals surface area contributed by atoms with Gasteiger partial charge in [-0.1, -0.05) is 66.7 Å². The highest BCUT2D eigenvalue weighted by Crippen LogP contribution is 2.55. The van der Waals surface area contributed by atoms with Crippen LogP contribution in [0.5, 0.6) is 0 Å². The SMILES string of the molecule is CC1=C2CO[C@@]3(c4ccccc4)C=CC(=O)[C@@H](C=C1c1ccccc1)[C@@H]23. The number of benzene rings is 2. The summed E-state index contributed by atoms with van der Waals surface area (Å²) in [5, 5.41) is 0. The van der Waals surface area contributed by atoms with Crippen LogP contribution in [0.3, 0.4) is 0 Å². The quantitative estimate of drug-likeness (QED) is 0.792. The normalized spacial score (nSPS) is 29.6. The minimum absolute atomic E-state index is 0.0508. The van der Waals surface area contributed by atoms with Crippen LogP contribution in [0.1, 0.15) is 18.1 Å². The van der Waals surface area contributed by atoms with E-state index < -0.39 is 5.60 Å². The van der Waals surface area contributed by atoms with E-state index in [0.29, 0.717) is 6.61 Å². The molecule has 1 saturated heterocycles. The summed E-state index contributed by atoms with van der Waals surface area (Å²) in [4.78, 5) is 12.8. The van der Waals surface area contributed by atoms with Crippen molar-refractivity contribution in [1.29, 1.82) is 0 Å². The molecule has 0 saturated carbocycles. The van der Waals surface area contributed by atoms with Gasteiger partial charge in [-0.3, -0.25) is 4.79 Å². The van der Waals surface area contributed by atoms with Gasteiger partial charge < -0.3 is 4.74 Å². The van der Waals surface area contributed by atoms with Gasteiger partial charge in [0.25, 0.3) is 0 Å². The fourth-order valence-electron chi connectivity index (χ4n) is 4.74. The Bertz CT molecular complexity index is 966. The fraction of sp³-hybridized carbons (Fsp3) is 0.208. The van der Waals surface area contributed by atoms with Crippen molar-refractivity contribution in [2.75, 3.05) is 6.61 Å². The first-order valence-electron chi connectivity index (χ1n) is 9.10. The molecule has 1 fully saturated rings. The molecular formula is C24H20O2. The summed E-state index contributed by atoms with van der Waals surface area (Å²) in [5.41, 5.74) is 5.43. The third-order valence-electron chi connectivity index (χ3n) is 6.03. The average Bonchev–Trinajstić information content (AvgIpc) is 3.10. The van der Waals surface area contributed by atoms with Crippen molar-refractivity contribution >= 4 is 11.4 Å². The van der Waals surface area contributed by atoms with Gasteiger partial charge in [-0.2, -0.15) is 0 Å². The number of hydrogen-bond donors (Lipinski definition) is 0. The molecule has 3 atom stereocenters. The minimum Gasteiger partial charge on any atom is -0.361 e. The van der Waals surface area contributed by atoms with Crippen LogP contribution in [0.2, 0.25) is 0 Å². The maximum atomic E-state index is 12.8. The van der Waals surface area contributed by atoms with Crippen molar-refractivity contribution in [3.8, 4) is 0 Å². The summed E-state index contributed by atoms with van der Waals surface area (Å²) in [6.07, 6.45) is 5.86. The smallest absolute Gasteiger partial charge is 0.163 e. The molecule has 5 rings (SSSR count). The first-order chi connectivity index (χ1) is 12.7. The number of carbonyl (C=O) groups excluding carboxylic acids is 1. The van der Waals surface area contributed by atoms with E-state index in [-0.39, 0.29) is 17.6 Å². The molecule has 26 heavy (non-hydrogen) atoms.